The van der Waals surface area contributed by atoms with Crippen molar-refractivity contribution >= 4 is 11.9 Å². The highest BCUT2D eigenvalue weighted by atomic mass is 16.5. The minimum Gasteiger partial charge on any atom is -0.497 e. The molecular formula is C15H23N3O3. The van der Waals surface area contributed by atoms with Crippen molar-refractivity contribution in [3.05, 3.63) is 29.8 Å². The highest BCUT2D eigenvalue weighted by Gasteiger charge is 2.11. The Balaban J connectivity index is 2.39. The lowest BCUT2D eigenvalue weighted by molar-refractivity contribution is -0.120. The normalized spacial score (nSPS) is 10.6. The van der Waals surface area contributed by atoms with Gasteiger partial charge in [-0.15, -0.1) is 0 Å². The number of rotatable bonds is 6. The predicted molar refractivity (Wildman–Crippen MR) is 81.1 cm³/mol. The highest BCUT2D eigenvalue weighted by molar-refractivity contribution is 5.95. The predicted octanol–water partition coefficient (Wildman–Crippen LogP) is 1.36. The fraction of sp³-hybridized carbons (Fsp3) is 0.467. The van der Waals surface area contributed by atoms with Crippen LogP contribution in [0.25, 0.3) is 0 Å². The van der Waals surface area contributed by atoms with Gasteiger partial charge in [-0.25, -0.2) is 4.79 Å². The number of carbonyl (C=O) groups excluding carboxylic acids is 2. The second-order valence-electron chi connectivity index (χ2n) is 5.20. The van der Waals surface area contributed by atoms with E-state index >= 15 is 0 Å². The Hall–Kier alpha value is -2.08. The summed E-state index contributed by atoms with van der Waals surface area (Å²) < 4.78 is 5.09. The SMILES string of the molecule is COc1ccc(CN(C)CC(=O)NC(=O)NC(C)C)cc1. The summed E-state index contributed by atoms with van der Waals surface area (Å²) in [7, 11) is 3.44. The van der Waals surface area contributed by atoms with Gasteiger partial charge in [0, 0.05) is 12.6 Å². The quantitative estimate of drug-likeness (QED) is 0.831. The molecule has 2 N–H and O–H groups in total. The van der Waals surface area contributed by atoms with Gasteiger partial charge in [-0.2, -0.15) is 0 Å². The zero-order chi connectivity index (χ0) is 15.8. The molecule has 0 heterocycles. The lowest BCUT2D eigenvalue weighted by Gasteiger charge is -2.16. The van der Waals surface area contributed by atoms with E-state index in [4.69, 9.17) is 4.74 Å². The first kappa shape index (κ1) is 17.0. The Labute approximate surface area is 125 Å². The third kappa shape index (κ3) is 6.76. The highest BCUT2D eigenvalue weighted by Crippen LogP contribution is 2.12. The summed E-state index contributed by atoms with van der Waals surface area (Å²) in [4.78, 5) is 24.9. The van der Waals surface area contributed by atoms with Crippen LogP contribution in [0.4, 0.5) is 4.79 Å². The summed E-state index contributed by atoms with van der Waals surface area (Å²) in [5.41, 5.74) is 1.07. The molecule has 0 aromatic heterocycles. The molecule has 0 unspecified atom stereocenters. The largest absolute Gasteiger partial charge is 0.497 e. The van der Waals surface area contributed by atoms with Crippen LogP contribution in [-0.4, -0.2) is 43.6 Å². The van der Waals surface area contributed by atoms with Gasteiger partial charge in [0.1, 0.15) is 5.75 Å². The van der Waals surface area contributed by atoms with Gasteiger partial charge in [0.2, 0.25) is 5.91 Å². The number of urea groups is 1. The number of hydrogen-bond acceptors (Lipinski definition) is 4. The number of hydrogen-bond donors (Lipinski definition) is 2. The lowest BCUT2D eigenvalue weighted by atomic mass is 10.2. The Morgan fingerprint density at radius 3 is 2.38 bits per heavy atom. The fourth-order valence-electron chi connectivity index (χ4n) is 1.81. The average Bonchev–Trinajstić information content (AvgIpc) is 2.37. The van der Waals surface area contributed by atoms with Crippen molar-refractivity contribution in [1.29, 1.82) is 0 Å². The van der Waals surface area contributed by atoms with E-state index in [1.807, 2.05) is 50.1 Å². The molecule has 6 heteroatoms. The van der Waals surface area contributed by atoms with E-state index in [1.165, 1.54) is 0 Å². The molecule has 0 aliphatic heterocycles. The number of ether oxygens (including phenoxy) is 1. The van der Waals surface area contributed by atoms with Crippen molar-refractivity contribution in [3.63, 3.8) is 0 Å². The lowest BCUT2D eigenvalue weighted by Crippen LogP contribution is -2.45. The Morgan fingerprint density at radius 2 is 1.86 bits per heavy atom. The first-order chi connectivity index (χ1) is 9.90. The van der Waals surface area contributed by atoms with E-state index in [-0.39, 0.29) is 18.5 Å². The molecule has 1 rings (SSSR count). The van der Waals surface area contributed by atoms with Gasteiger partial charge in [0.15, 0.2) is 0 Å². The molecule has 6 nitrogen and oxygen atoms in total. The smallest absolute Gasteiger partial charge is 0.321 e. The fourth-order valence-corrected chi connectivity index (χ4v) is 1.81. The number of carbonyl (C=O) groups is 2. The summed E-state index contributed by atoms with van der Waals surface area (Å²) in [6.45, 7) is 4.43. The zero-order valence-electron chi connectivity index (χ0n) is 13.0. The van der Waals surface area contributed by atoms with Crippen LogP contribution in [0.3, 0.4) is 0 Å². The molecule has 0 saturated heterocycles. The zero-order valence-corrected chi connectivity index (χ0v) is 13.0. The van der Waals surface area contributed by atoms with Crippen molar-refractivity contribution in [2.75, 3.05) is 20.7 Å². The van der Waals surface area contributed by atoms with Crippen LogP contribution >= 0.6 is 0 Å². The molecule has 0 saturated carbocycles. The third-order valence-electron chi connectivity index (χ3n) is 2.70. The number of nitrogens with zero attached hydrogens (tertiary/aromatic N) is 1. The molecule has 21 heavy (non-hydrogen) atoms. The van der Waals surface area contributed by atoms with Crippen LogP contribution in [0.5, 0.6) is 5.75 Å². The second-order valence-corrected chi connectivity index (χ2v) is 5.20. The van der Waals surface area contributed by atoms with Crippen molar-refractivity contribution in [1.82, 2.24) is 15.5 Å². The molecule has 1 aromatic rings. The Bertz CT molecular complexity index is 472. The molecule has 0 atom stereocenters. The molecule has 1 aromatic carbocycles. The van der Waals surface area contributed by atoms with E-state index in [9.17, 15) is 9.59 Å². The number of methoxy groups -OCH3 is 1. The van der Waals surface area contributed by atoms with E-state index in [0.717, 1.165) is 11.3 Å². The van der Waals surface area contributed by atoms with Gasteiger partial charge in [0.05, 0.1) is 13.7 Å². The molecule has 0 aliphatic rings. The maximum atomic E-state index is 11.7. The number of likely N-dealkylation sites (N-methyl/N-ethyl adjacent to an activating group) is 1. The molecule has 0 fully saturated rings. The molecule has 0 spiro atoms. The first-order valence-corrected chi connectivity index (χ1v) is 6.82. The van der Waals surface area contributed by atoms with Gasteiger partial charge in [-0.1, -0.05) is 12.1 Å². The van der Waals surface area contributed by atoms with Crippen LogP contribution < -0.4 is 15.4 Å². The van der Waals surface area contributed by atoms with Gasteiger partial charge < -0.3 is 10.1 Å². The monoisotopic (exact) mass is 293 g/mol. The maximum Gasteiger partial charge on any atom is 0.321 e. The van der Waals surface area contributed by atoms with Gasteiger partial charge in [-0.05, 0) is 38.6 Å². The van der Waals surface area contributed by atoms with Crippen molar-refractivity contribution < 1.29 is 14.3 Å². The standard InChI is InChI=1S/C15H23N3O3/c1-11(2)16-15(20)17-14(19)10-18(3)9-12-5-7-13(21-4)8-6-12/h5-8,11H,9-10H2,1-4H3,(H2,16,17,19,20). The molecule has 3 amide bonds. The third-order valence-corrected chi connectivity index (χ3v) is 2.70. The Kier molecular flexibility index (Phi) is 6.68. The summed E-state index contributed by atoms with van der Waals surface area (Å²) in [6.07, 6.45) is 0. The van der Waals surface area contributed by atoms with Gasteiger partial charge in [0.25, 0.3) is 0 Å². The minimum absolute atomic E-state index is 0.00479. The maximum absolute atomic E-state index is 11.7. The van der Waals surface area contributed by atoms with Crippen LogP contribution in [0.1, 0.15) is 19.4 Å². The van der Waals surface area contributed by atoms with Gasteiger partial charge >= 0.3 is 6.03 Å². The van der Waals surface area contributed by atoms with E-state index in [2.05, 4.69) is 10.6 Å². The van der Waals surface area contributed by atoms with Gasteiger partial charge in [-0.3, -0.25) is 15.0 Å². The summed E-state index contributed by atoms with van der Waals surface area (Å²) in [5, 5.41) is 4.90. The molecular weight excluding hydrogens is 270 g/mol. The first-order valence-electron chi connectivity index (χ1n) is 6.82. The van der Waals surface area contributed by atoms with Crippen molar-refractivity contribution in [2.45, 2.75) is 26.4 Å². The number of imide groups is 1. The van der Waals surface area contributed by atoms with Crippen LogP contribution in [0.2, 0.25) is 0 Å². The van der Waals surface area contributed by atoms with E-state index in [0.29, 0.717) is 6.54 Å². The van der Waals surface area contributed by atoms with Crippen molar-refractivity contribution in [3.8, 4) is 5.75 Å². The Morgan fingerprint density at radius 1 is 1.24 bits per heavy atom. The summed E-state index contributed by atoms with van der Waals surface area (Å²) >= 11 is 0. The van der Waals surface area contributed by atoms with Crippen molar-refractivity contribution in [2.24, 2.45) is 0 Å². The number of benzene rings is 1. The second kappa shape index (κ2) is 8.26. The number of nitrogens with one attached hydrogen (secondary N) is 2. The molecule has 0 bridgehead atoms. The summed E-state index contributed by atoms with van der Waals surface area (Å²) in [5.74, 6) is 0.466. The van der Waals surface area contributed by atoms with E-state index in [1.54, 1.807) is 7.11 Å². The molecule has 0 radical (unpaired) electrons. The topological polar surface area (TPSA) is 70.7 Å². The number of amides is 3. The van der Waals surface area contributed by atoms with Crippen LogP contribution in [0.15, 0.2) is 24.3 Å². The minimum atomic E-state index is -0.465. The van der Waals surface area contributed by atoms with E-state index < -0.39 is 6.03 Å². The molecule has 116 valence electrons. The van der Waals surface area contributed by atoms with Crippen LogP contribution in [-0.2, 0) is 11.3 Å². The summed E-state index contributed by atoms with van der Waals surface area (Å²) in [6, 6.07) is 7.17. The molecule has 0 aliphatic carbocycles. The van der Waals surface area contributed by atoms with Crippen LogP contribution in [0, 0.1) is 0 Å². The average molecular weight is 293 g/mol.